The van der Waals surface area contributed by atoms with Gasteiger partial charge in [0.1, 0.15) is 5.82 Å². The Kier molecular flexibility index (Phi) is 4.50. The normalized spacial score (nSPS) is 17.8. The van der Waals surface area contributed by atoms with E-state index in [2.05, 4.69) is 25.2 Å². The average Bonchev–Trinajstić information content (AvgIpc) is 2.55. The van der Waals surface area contributed by atoms with E-state index >= 15 is 0 Å². The number of rotatable bonds is 3. The van der Waals surface area contributed by atoms with E-state index in [0.717, 1.165) is 36.7 Å². The predicted octanol–water partition coefficient (Wildman–Crippen LogP) is 2.34. The summed E-state index contributed by atoms with van der Waals surface area (Å²) in [7, 11) is 0. The van der Waals surface area contributed by atoms with Gasteiger partial charge in [-0.3, -0.25) is 4.79 Å². The lowest BCUT2D eigenvalue weighted by atomic mass is 9.97. The first kappa shape index (κ1) is 15.4. The first-order valence-electron chi connectivity index (χ1n) is 7.91. The average molecular weight is 311 g/mol. The molecule has 6 heteroatoms. The molecular formula is C17H21N5O. The maximum atomic E-state index is 12.5. The molecule has 1 unspecified atom stereocenters. The van der Waals surface area contributed by atoms with Crippen molar-refractivity contribution in [2.75, 3.05) is 23.3 Å². The smallest absolute Gasteiger partial charge is 0.230 e. The summed E-state index contributed by atoms with van der Waals surface area (Å²) in [6.07, 6.45) is 3.50. The number of aryl methyl sites for hydroxylation is 2. The summed E-state index contributed by atoms with van der Waals surface area (Å²) in [4.78, 5) is 27.7. The summed E-state index contributed by atoms with van der Waals surface area (Å²) in [5.74, 6) is 1.25. The van der Waals surface area contributed by atoms with Gasteiger partial charge in [-0.15, -0.1) is 0 Å². The monoisotopic (exact) mass is 311 g/mol. The van der Waals surface area contributed by atoms with Crippen LogP contribution >= 0.6 is 0 Å². The second kappa shape index (κ2) is 6.73. The Bertz CT molecular complexity index is 668. The summed E-state index contributed by atoms with van der Waals surface area (Å²) < 4.78 is 0. The van der Waals surface area contributed by atoms with E-state index in [1.807, 2.05) is 32.0 Å². The summed E-state index contributed by atoms with van der Waals surface area (Å²) >= 11 is 0. The van der Waals surface area contributed by atoms with Crippen LogP contribution in [0.5, 0.6) is 0 Å². The van der Waals surface area contributed by atoms with Gasteiger partial charge in [-0.1, -0.05) is 6.07 Å². The van der Waals surface area contributed by atoms with Gasteiger partial charge in [0, 0.05) is 30.7 Å². The van der Waals surface area contributed by atoms with Crippen LogP contribution in [-0.2, 0) is 4.79 Å². The van der Waals surface area contributed by atoms with Crippen LogP contribution in [0.1, 0.15) is 24.2 Å². The Balaban J connectivity index is 1.69. The molecule has 0 bridgehead atoms. The number of amides is 1. The van der Waals surface area contributed by atoms with Crippen LogP contribution in [0, 0.1) is 19.8 Å². The largest absolute Gasteiger partial charge is 0.340 e. The minimum Gasteiger partial charge on any atom is -0.340 e. The molecule has 3 rings (SSSR count). The molecule has 1 amide bonds. The van der Waals surface area contributed by atoms with Crippen molar-refractivity contribution in [1.82, 2.24) is 15.0 Å². The lowest BCUT2D eigenvalue weighted by Gasteiger charge is -2.32. The standard InChI is InChI=1S/C17H21N5O/c1-12-10-13(2)20-17(19-12)22-9-5-6-14(11-22)16(23)21-15-7-3-4-8-18-15/h3-4,7-8,10,14H,5-6,9,11H2,1-2H3,(H,18,21,23). The number of aromatic nitrogens is 3. The number of anilines is 2. The van der Waals surface area contributed by atoms with Gasteiger partial charge in [0.25, 0.3) is 0 Å². The summed E-state index contributed by atoms with van der Waals surface area (Å²) in [5.41, 5.74) is 1.90. The highest BCUT2D eigenvalue weighted by molar-refractivity contribution is 5.92. The van der Waals surface area contributed by atoms with Gasteiger partial charge in [-0.25, -0.2) is 15.0 Å². The molecule has 0 aliphatic carbocycles. The van der Waals surface area contributed by atoms with Crippen molar-refractivity contribution in [2.24, 2.45) is 5.92 Å². The van der Waals surface area contributed by atoms with E-state index in [9.17, 15) is 4.79 Å². The molecule has 1 N–H and O–H groups in total. The molecule has 1 fully saturated rings. The van der Waals surface area contributed by atoms with Gasteiger partial charge in [-0.2, -0.15) is 0 Å². The highest BCUT2D eigenvalue weighted by atomic mass is 16.2. The molecule has 1 aliphatic rings. The fourth-order valence-electron chi connectivity index (χ4n) is 2.89. The van der Waals surface area contributed by atoms with Crippen molar-refractivity contribution in [3.8, 4) is 0 Å². The van der Waals surface area contributed by atoms with Crippen LogP contribution in [-0.4, -0.2) is 33.9 Å². The minimum atomic E-state index is -0.0739. The maximum absolute atomic E-state index is 12.5. The van der Waals surface area contributed by atoms with E-state index < -0.39 is 0 Å². The molecule has 3 heterocycles. The summed E-state index contributed by atoms with van der Waals surface area (Å²) in [6, 6.07) is 7.44. The van der Waals surface area contributed by atoms with Crippen molar-refractivity contribution in [3.63, 3.8) is 0 Å². The molecule has 120 valence electrons. The van der Waals surface area contributed by atoms with Gasteiger partial charge in [0.15, 0.2) is 0 Å². The molecule has 2 aromatic heterocycles. The molecule has 1 aliphatic heterocycles. The number of piperidine rings is 1. The Labute approximate surface area is 136 Å². The topological polar surface area (TPSA) is 71.0 Å². The van der Waals surface area contributed by atoms with E-state index in [0.29, 0.717) is 12.4 Å². The fraction of sp³-hybridized carbons (Fsp3) is 0.412. The van der Waals surface area contributed by atoms with Gasteiger partial charge in [0.2, 0.25) is 11.9 Å². The summed E-state index contributed by atoms with van der Waals surface area (Å²) in [5, 5.41) is 2.89. The number of pyridine rings is 1. The molecule has 0 aromatic carbocycles. The SMILES string of the molecule is Cc1cc(C)nc(N2CCCC(C(=O)Nc3ccccn3)C2)n1. The van der Waals surface area contributed by atoms with Crippen LogP contribution in [0.2, 0.25) is 0 Å². The lowest BCUT2D eigenvalue weighted by Crippen LogP contribution is -2.41. The zero-order chi connectivity index (χ0) is 16.2. The van der Waals surface area contributed by atoms with Crippen LogP contribution in [0.25, 0.3) is 0 Å². The Morgan fingerprint density at radius 2 is 2.04 bits per heavy atom. The number of carbonyl (C=O) groups excluding carboxylic acids is 1. The molecule has 6 nitrogen and oxygen atoms in total. The third-order valence-electron chi connectivity index (χ3n) is 3.96. The third-order valence-corrected chi connectivity index (χ3v) is 3.96. The van der Waals surface area contributed by atoms with Crippen LogP contribution in [0.15, 0.2) is 30.5 Å². The van der Waals surface area contributed by atoms with Crippen molar-refractivity contribution in [2.45, 2.75) is 26.7 Å². The predicted molar refractivity (Wildman–Crippen MR) is 89.3 cm³/mol. The van der Waals surface area contributed by atoms with Crippen molar-refractivity contribution >= 4 is 17.7 Å². The number of hydrogen-bond donors (Lipinski definition) is 1. The molecule has 23 heavy (non-hydrogen) atoms. The molecule has 2 aromatic rings. The van der Waals surface area contributed by atoms with Crippen molar-refractivity contribution in [1.29, 1.82) is 0 Å². The first-order chi connectivity index (χ1) is 11.1. The summed E-state index contributed by atoms with van der Waals surface area (Å²) in [6.45, 7) is 5.46. The zero-order valence-corrected chi connectivity index (χ0v) is 13.5. The van der Waals surface area contributed by atoms with Gasteiger partial charge in [-0.05, 0) is 44.9 Å². The quantitative estimate of drug-likeness (QED) is 0.942. The molecule has 1 saturated heterocycles. The second-order valence-corrected chi connectivity index (χ2v) is 5.94. The molecule has 0 spiro atoms. The van der Waals surface area contributed by atoms with Crippen molar-refractivity contribution < 1.29 is 4.79 Å². The maximum Gasteiger partial charge on any atom is 0.230 e. The van der Waals surface area contributed by atoms with Crippen LogP contribution in [0.4, 0.5) is 11.8 Å². The zero-order valence-electron chi connectivity index (χ0n) is 13.5. The Morgan fingerprint density at radius 1 is 1.26 bits per heavy atom. The molecular weight excluding hydrogens is 290 g/mol. The molecule has 1 atom stereocenters. The highest BCUT2D eigenvalue weighted by Crippen LogP contribution is 2.22. The van der Waals surface area contributed by atoms with Crippen molar-refractivity contribution in [3.05, 3.63) is 41.9 Å². The van der Waals surface area contributed by atoms with Crippen LogP contribution in [0.3, 0.4) is 0 Å². The highest BCUT2D eigenvalue weighted by Gasteiger charge is 2.27. The van der Waals surface area contributed by atoms with E-state index in [1.54, 1.807) is 12.3 Å². The number of hydrogen-bond acceptors (Lipinski definition) is 5. The Hall–Kier alpha value is -2.50. The van der Waals surface area contributed by atoms with Crippen LogP contribution < -0.4 is 10.2 Å². The van der Waals surface area contributed by atoms with E-state index in [1.165, 1.54) is 0 Å². The number of carbonyl (C=O) groups is 1. The lowest BCUT2D eigenvalue weighted by molar-refractivity contribution is -0.120. The van der Waals surface area contributed by atoms with Gasteiger partial charge in [0.05, 0.1) is 5.92 Å². The fourth-order valence-corrected chi connectivity index (χ4v) is 2.89. The van der Waals surface area contributed by atoms with E-state index in [4.69, 9.17) is 0 Å². The van der Waals surface area contributed by atoms with Gasteiger partial charge < -0.3 is 10.2 Å². The van der Waals surface area contributed by atoms with E-state index in [-0.39, 0.29) is 11.8 Å². The van der Waals surface area contributed by atoms with Gasteiger partial charge >= 0.3 is 0 Å². The molecule has 0 radical (unpaired) electrons. The molecule has 0 saturated carbocycles. The number of nitrogens with one attached hydrogen (secondary N) is 1. The third kappa shape index (κ3) is 3.83. The minimum absolute atomic E-state index is 0.0118. The first-order valence-corrected chi connectivity index (χ1v) is 7.91. The Morgan fingerprint density at radius 3 is 2.74 bits per heavy atom. The second-order valence-electron chi connectivity index (χ2n) is 5.94. The number of nitrogens with zero attached hydrogens (tertiary/aromatic N) is 4.